The van der Waals surface area contributed by atoms with Gasteiger partial charge in [-0.1, -0.05) is 13.8 Å². The Labute approximate surface area is 236 Å². The van der Waals surface area contributed by atoms with Gasteiger partial charge in [0.05, 0.1) is 28.9 Å². The predicted molar refractivity (Wildman–Crippen MR) is 154 cm³/mol. The van der Waals surface area contributed by atoms with E-state index in [1.807, 2.05) is 25.3 Å². The summed E-state index contributed by atoms with van der Waals surface area (Å²) in [5, 5.41) is 32.8. The van der Waals surface area contributed by atoms with Gasteiger partial charge in [-0.3, -0.25) is 0 Å². The van der Waals surface area contributed by atoms with Crippen molar-refractivity contribution >= 4 is 38.7 Å². The van der Waals surface area contributed by atoms with Gasteiger partial charge in [-0.05, 0) is 32.8 Å². The van der Waals surface area contributed by atoms with Crippen LogP contribution in [0.5, 0.6) is 0 Å². The highest BCUT2D eigenvalue weighted by molar-refractivity contribution is 7.90. The van der Waals surface area contributed by atoms with Gasteiger partial charge in [0.15, 0.2) is 5.82 Å². The molecule has 0 bridgehead atoms. The molecule has 0 saturated heterocycles. The van der Waals surface area contributed by atoms with Gasteiger partial charge in [0, 0.05) is 53.7 Å². The van der Waals surface area contributed by atoms with Gasteiger partial charge in [-0.2, -0.15) is 9.19 Å². The Morgan fingerprint density at radius 1 is 1.12 bits per heavy atom. The topological polar surface area (TPSA) is 168 Å². The van der Waals surface area contributed by atoms with Crippen LogP contribution in [0.3, 0.4) is 0 Å². The van der Waals surface area contributed by atoms with Crippen LogP contribution in [0, 0.1) is 5.41 Å². The van der Waals surface area contributed by atoms with Crippen LogP contribution in [-0.4, -0.2) is 66.2 Å². The maximum absolute atomic E-state index is 12.5. The first-order valence-electron chi connectivity index (χ1n) is 12.8. The molecule has 0 radical (unpaired) electrons. The van der Waals surface area contributed by atoms with Gasteiger partial charge < -0.3 is 20.8 Å². The van der Waals surface area contributed by atoms with E-state index < -0.39 is 15.6 Å². The zero-order valence-electron chi connectivity index (χ0n) is 22.7. The Hall–Kier alpha value is -3.46. The minimum atomic E-state index is -3.48. The van der Waals surface area contributed by atoms with Crippen LogP contribution in [0.15, 0.2) is 42.3 Å². The number of rotatable bonds is 11. The standard InChI is InChI=1S/C26H32N8O4S2/c1-25(2,15-35)14-29-19-9-22(28-11-18(19)20-13-39-24(31-20)26(3,4)36)32-21-7-8-27-23(33-21)16-10-30-34(12-16)40(37,38)17-5-6-17/h7-13,17,35-36H,5-6,14-15H2,1-4H3,(H2,27,28,29,32,33). The molecule has 0 amide bonds. The van der Waals surface area contributed by atoms with Crippen LogP contribution in [0.25, 0.3) is 22.6 Å². The Kier molecular flexibility index (Phi) is 7.37. The molecule has 1 aliphatic carbocycles. The first-order chi connectivity index (χ1) is 18.9. The quantitative estimate of drug-likeness (QED) is 0.203. The van der Waals surface area contributed by atoms with Crippen molar-refractivity contribution in [1.29, 1.82) is 0 Å². The summed E-state index contributed by atoms with van der Waals surface area (Å²) in [4.78, 5) is 18.0. The lowest BCUT2D eigenvalue weighted by molar-refractivity contribution is 0.0783. The van der Waals surface area contributed by atoms with Crippen molar-refractivity contribution in [3.8, 4) is 22.6 Å². The van der Waals surface area contributed by atoms with Crippen molar-refractivity contribution in [2.75, 3.05) is 23.8 Å². The zero-order valence-corrected chi connectivity index (χ0v) is 24.3. The Morgan fingerprint density at radius 3 is 2.58 bits per heavy atom. The third-order valence-electron chi connectivity index (χ3n) is 6.33. The molecule has 0 atom stereocenters. The van der Waals surface area contributed by atoms with Crippen molar-refractivity contribution in [1.82, 2.24) is 29.1 Å². The minimum Gasteiger partial charge on any atom is -0.396 e. The molecule has 0 aliphatic heterocycles. The van der Waals surface area contributed by atoms with Gasteiger partial charge in [0.1, 0.15) is 22.2 Å². The van der Waals surface area contributed by atoms with Crippen LogP contribution in [0.1, 0.15) is 45.5 Å². The second-order valence-corrected chi connectivity index (χ2v) is 14.1. The first kappa shape index (κ1) is 28.1. The Bertz CT molecular complexity index is 1620. The summed E-state index contributed by atoms with van der Waals surface area (Å²) < 4.78 is 26.0. The fourth-order valence-corrected chi connectivity index (χ4v) is 6.04. The van der Waals surface area contributed by atoms with Gasteiger partial charge in [-0.15, -0.1) is 11.3 Å². The average Bonchev–Trinajstić information content (AvgIpc) is 3.44. The van der Waals surface area contributed by atoms with E-state index in [9.17, 15) is 18.6 Å². The van der Waals surface area contributed by atoms with Crippen LogP contribution < -0.4 is 10.6 Å². The maximum atomic E-state index is 12.5. The van der Waals surface area contributed by atoms with E-state index in [2.05, 4.69) is 35.7 Å². The minimum absolute atomic E-state index is 0.00727. The van der Waals surface area contributed by atoms with E-state index in [0.29, 0.717) is 53.1 Å². The van der Waals surface area contributed by atoms with Crippen LogP contribution >= 0.6 is 11.3 Å². The third kappa shape index (κ3) is 6.14. The molecule has 0 unspecified atom stereocenters. The number of anilines is 3. The van der Waals surface area contributed by atoms with E-state index in [1.54, 1.807) is 32.3 Å². The molecule has 5 rings (SSSR count). The van der Waals surface area contributed by atoms with Gasteiger partial charge >= 0.3 is 0 Å². The molecule has 4 N–H and O–H groups in total. The van der Waals surface area contributed by atoms with E-state index in [1.165, 1.54) is 23.7 Å². The molecule has 1 saturated carbocycles. The van der Waals surface area contributed by atoms with Gasteiger partial charge in [-0.25, -0.2) is 28.4 Å². The highest BCUT2D eigenvalue weighted by atomic mass is 32.2. The molecule has 4 aromatic heterocycles. The SMILES string of the molecule is CC(C)(CO)CNc1cc(Nc2ccnc(-c3cnn(S(=O)(=O)C4CC4)c3)n2)ncc1-c1csc(C(C)(C)O)n1. The van der Waals surface area contributed by atoms with Crippen molar-refractivity contribution in [3.63, 3.8) is 0 Å². The molecule has 4 heterocycles. The number of aliphatic hydroxyl groups is 2. The molecule has 0 spiro atoms. The molecule has 14 heteroatoms. The summed E-state index contributed by atoms with van der Waals surface area (Å²) in [7, 11) is -3.48. The van der Waals surface area contributed by atoms with E-state index >= 15 is 0 Å². The molecule has 1 fully saturated rings. The summed E-state index contributed by atoms with van der Waals surface area (Å²) >= 11 is 1.37. The molecule has 0 aromatic carbocycles. The Balaban J connectivity index is 1.42. The monoisotopic (exact) mass is 584 g/mol. The van der Waals surface area contributed by atoms with Crippen LogP contribution in [-0.2, 0) is 15.6 Å². The second-order valence-electron chi connectivity index (χ2n) is 11.1. The van der Waals surface area contributed by atoms with E-state index in [-0.39, 0.29) is 17.3 Å². The van der Waals surface area contributed by atoms with Crippen molar-refractivity contribution in [3.05, 3.63) is 47.3 Å². The largest absolute Gasteiger partial charge is 0.396 e. The maximum Gasteiger partial charge on any atom is 0.256 e. The van der Waals surface area contributed by atoms with E-state index in [0.717, 1.165) is 15.3 Å². The van der Waals surface area contributed by atoms with Gasteiger partial charge in [0.25, 0.3) is 10.0 Å². The number of nitrogens with one attached hydrogen (secondary N) is 2. The number of hydrogen-bond donors (Lipinski definition) is 4. The highest BCUT2D eigenvalue weighted by Crippen LogP contribution is 2.34. The summed E-state index contributed by atoms with van der Waals surface area (Å²) in [5.41, 5.74) is 1.22. The molecule has 1 aliphatic rings. The van der Waals surface area contributed by atoms with Gasteiger partial charge in [0.2, 0.25) is 0 Å². The van der Waals surface area contributed by atoms with Crippen molar-refractivity contribution in [2.45, 2.75) is 51.4 Å². The molecule has 40 heavy (non-hydrogen) atoms. The number of aliphatic hydroxyl groups excluding tert-OH is 1. The lowest BCUT2D eigenvalue weighted by Gasteiger charge is -2.23. The van der Waals surface area contributed by atoms with Crippen LogP contribution in [0.2, 0.25) is 0 Å². The number of thiazole rings is 1. The van der Waals surface area contributed by atoms with Crippen molar-refractivity contribution < 1.29 is 18.6 Å². The summed E-state index contributed by atoms with van der Waals surface area (Å²) in [5.74, 6) is 1.29. The molecular formula is C26H32N8O4S2. The third-order valence-corrected chi connectivity index (χ3v) is 9.52. The summed E-state index contributed by atoms with van der Waals surface area (Å²) in [6.45, 7) is 7.79. The predicted octanol–water partition coefficient (Wildman–Crippen LogP) is 3.60. The first-order valence-corrected chi connectivity index (χ1v) is 15.2. The molecule has 4 aromatic rings. The lowest BCUT2D eigenvalue weighted by atomic mass is 9.95. The number of hydrogen-bond acceptors (Lipinski definition) is 12. The lowest BCUT2D eigenvalue weighted by Crippen LogP contribution is -2.27. The van der Waals surface area contributed by atoms with Crippen LogP contribution in [0.4, 0.5) is 17.3 Å². The molecule has 12 nitrogen and oxygen atoms in total. The Morgan fingerprint density at radius 2 is 1.90 bits per heavy atom. The smallest absolute Gasteiger partial charge is 0.256 e. The summed E-state index contributed by atoms with van der Waals surface area (Å²) in [6, 6.07) is 3.51. The van der Waals surface area contributed by atoms with Crippen molar-refractivity contribution in [2.24, 2.45) is 5.41 Å². The summed E-state index contributed by atoms with van der Waals surface area (Å²) in [6.07, 6.45) is 7.43. The molecule has 212 valence electrons. The molecular weight excluding hydrogens is 552 g/mol. The fourth-order valence-electron chi connectivity index (χ4n) is 3.72. The highest BCUT2D eigenvalue weighted by Gasteiger charge is 2.37. The second kappa shape index (κ2) is 10.5. The number of aromatic nitrogens is 6. The fraction of sp³-hybridized carbons (Fsp3) is 0.423. The number of pyridine rings is 1. The average molecular weight is 585 g/mol. The zero-order chi connectivity index (χ0) is 28.7. The number of nitrogens with zero attached hydrogens (tertiary/aromatic N) is 6. The van der Waals surface area contributed by atoms with E-state index in [4.69, 9.17) is 0 Å². The normalized spacial score (nSPS) is 14.3.